The molecule has 0 aliphatic heterocycles. The quantitative estimate of drug-likeness (QED) is 0.541. The van der Waals surface area contributed by atoms with E-state index in [-0.39, 0.29) is 5.25 Å². The highest BCUT2D eigenvalue weighted by molar-refractivity contribution is 7.99. The molecule has 3 N–H and O–H groups in total. The van der Waals surface area contributed by atoms with E-state index in [9.17, 15) is 0 Å². The van der Waals surface area contributed by atoms with Crippen molar-refractivity contribution < 1.29 is 0 Å². The number of thioether (sulfide) groups is 1. The minimum absolute atomic E-state index is 0.107. The fraction of sp³-hybridized carbons (Fsp3) is 0.273. The van der Waals surface area contributed by atoms with Gasteiger partial charge in [0, 0.05) is 25.4 Å². The minimum atomic E-state index is 0.107. The molecule has 0 spiro atoms. The maximum atomic E-state index is 5.85. The Morgan fingerprint density at radius 2 is 2.32 bits per heavy atom. The second-order valence-electron chi connectivity index (χ2n) is 4.07. The van der Waals surface area contributed by atoms with E-state index in [0.717, 1.165) is 16.1 Å². The SMILES string of the molecule is Cn1cc(C(CN)Sc2ncnc3nc[nH]c23)cn1. The third-order valence-corrected chi connectivity index (χ3v) is 4.03. The molecule has 0 amide bonds. The van der Waals surface area contributed by atoms with Gasteiger partial charge in [0.05, 0.1) is 17.8 Å². The molecule has 3 aromatic heterocycles. The van der Waals surface area contributed by atoms with Gasteiger partial charge in [-0.2, -0.15) is 5.10 Å². The number of imidazole rings is 1. The summed E-state index contributed by atoms with van der Waals surface area (Å²) in [6.07, 6.45) is 6.93. The van der Waals surface area contributed by atoms with Gasteiger partial charge in [0.25, 0.3) is 0 Å². The van der Waals surface area contributed by atoms with Gasteiger partial charge in [0.1, 0.15) is 16.9 Å². The number of fused-ring (bicyclic) bond motifs is 1. The van der Waals surface area contributed by atoms with Crippen LogP contribution >= 0.6 is 11.8 Å². The first-order chi connectivity index (χ1) is 9.28. The van der Waals surface area contributed by atoms with Gasteiger partial charge >= 0.3 is 0 Å². The second-order valence-corrected chi connectivity index (χ2v) is 5.26. The number of rotatable bonds is 4. The van der Waals surface area contributed by atoms with Crippen LogP contribution in [-0.4, -0.2) is 36.3 Å². The maximum Gasteiger partial charge on any atom is 0.181 e. The second kappa shape index (κ2) is 4.98. The van der Waals surface area contributed by atoms with Gasteiger partial charge < -0.3 is 10.7 Å². The normalized spacial score (nSPS) is 12.9. The van der Waals surface area contributed by atoms with Gasteiger partial charge in [-0.25, -0.2) is 15.0 Å². The van der Waals surface area contributed by atoms with Gasteiger partial charge in [-0.05, 0) is 0 Å². The summed E-state index contributed by atoms with van der Waals surface area (Å²) < 4.78 is 1.77. The molecule has 0 saturated carbocycles. The Kier molecular flexibility index (Phi) is 3.18. The van der Waals surface area contributed by atoms with E-state index in [0.29, 0.717) is 12.2 Å². The van der Waals surface area contributed by atoms with Crippen molar-refractivity contribution in [3.63, 3.8) is 0 Å². The van der Waals surface area contributed by atoms with Gasteiger partial charge in [0.2, 0.25) is 0 Å². The number of hydrogen-bond acceptors (Lipinski definition) is 6. The standard InChI is InChI=1S/C11H13N7S/c1-18-4-7(3-17-18)8(2-12)19-11-9-10(14-5-13-9)15-6-16-11/h3-6,8H,2,12H2,1H3,(H,13,14,15,16). The number of nitrogens with zero attached hydrogens (tertiary/aromatic N) is 5. The molecule has 0 bridgehead atoms. The molecule has 0 saturated heterocycles. The molecule has 3 heterocycles. The first-order valence-corrected chi connectivity index (χ1v) is 6.65. The Labute approximate surface area is 113 Å². The Hall–Kier alpha value is -1.93. The number of aromatic nitrogens is 6. The van der Waals surface area contributed by atoms with Crippen molar-refractivity contribution in [2.24, 2.45) is 12.8 Å². The maximum absolute atomic E-state index is 5.85. The summed E-state index contributed by atoms with van der Waals surface area (Å²) in [6, 6.07) is 0. The van der Waals surface area contributed by atoms with E-state index in [1.807, 2.05) is 19.4 Å². The molecule has 98 valence electrons. The molecule has 0 aliphatic carbocycles. The number of nitrogens with one attached hydrogen (secondary N) is 1. The fourth-order valence-electron chi connectivity index (χ4n) is 1.83. The van der Waals surface area contributed by atoms with E-state index in [2.05, 4.69) is 25.0 Å². The zero-order chi connectivity index (χ0) is 13.2. The van der Waals surface area contributed by atoms with Gasteiger partial charge in [-0.15, -0.1) is 0 Å². The van der Waals surface area contributed by atoms with Crippen molar-refractivity contribution in [2.45, 2.75) is 10.3 Å². The van der Waals surface area contributed by atoms with Crippen LogP contribution in [0.3, 0.4) is 0 Å². The molecule has 1 atom stereocenters. The first kappa shape index (κ1) is 12.1. The lowest BCUT2D eigenvalue weighted by Crippen LogP contribution is -2.09. The summed E-state index contributed by atoms with van der Waals surface area (Å²) in [4.78, 5) is 15.6. The van der Waals surface area contributed by atoms with Crippen LogP contribution in [0, 0.1) is 0 Å². The number of aryl methyl sites for hydroxylation is 1. The largest absolute Gasteiger partial charge is 0.341 e. The van der Waals surface area contributed by atoms with Crippen LogP contribution in [0.2, 0.25) is 0 Å². The molecule has 3 aromatic rings. The number of H-pyrrole nitrogens is 1. The summed E-state index contributed by atoms with van der Waals surface area (Å²) in [5, 5.41) is 5.13. The summed E-state index contributed by atoms with van der Waals surface area (Å²) >= 11 is 1.59. The molecule has 8 heteroatoms. The lowest BCUT2D eigenvalue weighted by molar-refractivity contribution is 0.766. The Bertz CT molecular complexity index is 689. The molecule has 0 aliphatic rings. The number of hydrogen-bond donors (Lipinski definition) is 2. The molecule has 0 aromatic carbocycles. The van der Waals surface area contributed by atoms with Crippen LogP contribution in [-0.2, 0) is 7.05 Å². The monoisotopic (exact) mass is 275 g/mol. The lowest BCUT2D eigenvalue weighted by Gasteiger charge is -2.11. The van der Waals surface area contributed by atoms with Crippen LogP contribution < -0.4 is 5.73 Å². The molecule has 7 nitrogen and oxygen atoms in total. The number of aromatic amines is 1. The highest BCUT2D eigenvalue weighted by Crippen LogP contribution is 2.35. The Balaban J connectivity index is 1.92. The van der Waals surface area contributed by atoms with Crippen molar-refractivity contribution in [2.75, 3.05) is 6.54 Å². The summed E-state index contributed by atoms with van der Waals surface area (Å²) in [5.41, 5.74) is 8.45. The zero-order valence-corrected chi connectivity index (χ0v) is 11.1. The van der Waals surface area contributed by atoms with Gasteiger partial charge in [-0.1, -0.05) is 11.8 Å². The molecule has 0 fully saturated rings. The molecular formula is C11H13N7S. The van der Waals surface area contributed by atoms with Crippen molar-refractivity contribution >= 4 is 22.9 Å². The lowest BCUT2D eigenvalue weighted by atomic mass is 10.2. The van der Waals surface area contributed by atoms with Crippen molar-refractivity contribution in [1.29, 1.82) is 0 Å². The van der Waals surface area contributed by atoms with E-state index in [1.54, 1.807) is 22.8 Å². The van der Waals surface area contributed by atoms with E-state index >= 15 is 0 Å². The highest BCUT2D eigenvalue weighted by atomic mass is 32.2. The molecular weight excluding hydrogens is 262 g/mol. The molecule has 3 rings (SSSR count). The third kappa shape index (κ3) is 2.32. The fourth-order valence-corrected chi connectivity index (χ4v) is 2.83. The van der Waals surface area contributed by atoms with E-state index in [1.165, 1.54) is 6.33 Å². The predicted octanol–water partition coefficient (Wildman–Crippen LogP) is 0.879. The minimum Gasteiger partial charge on any atom is -0.341 e. The van der Waals surface area contributed by atoms with Gasteiger partial charge in [0.15, 0.2) is 5.65 Å². The van der Waals surface area contributed by atoms with Crippen LogP contribution in [0.1, 0.15) is 10.8 Å². The first-order valence-electron chi connectivity index (χ1n) is 5.77. The average Bonchev–Trinajstić information content (AvgIpc) is 3.04. The van der Waals surface area contributed by atoms with Crippen LogP contribution in [0.5, 0.6) is 0 Å². The Morgan fingerprint density at radius 1 is 1.42 bits per heavy atom. The topological polar surface area (TPSA) is 98.3 Å². The smallest absolute Gasteiger partial charge is 0.181 e. The van der Waals surface area contributed by atoms with Crippen LogP contribution in [0.15, 0.2) is 30.1 Å². The summed E-state index contributed by atoms with van der Waals surface area (Å²) in [5.74, 6) is 0. The van der Waals surface area contributed by atoms with E-state index in [4.69, 9.17) is 5.73 Å². The van der Waals surface area contributed by atoms with Gasteiger partial charge in [-0.3, -0.25) is 4.68 Å². The van der Waals surface area contributed by atoms with Crippen molar-refractivity contribution in [3.8, 4) is 0 Å². The van der Waals surface area contributed by atoms with Crippen LogP contribution in [0.25, 0.3) is 11.2 Å². The molecule has 1 unspecified atom stereocenters. The van der Waals surface area contributed by atoms with Crippen molar-refractivity contribution in [1.82, 2.24) is 29.7 Å². The van der Waals surface area contributed by atoms with E-state index < -0.39 is 0 Å². The highest BCUT2D eigenvalue weighted by Gasteiger charge is 2.16. The molecule has 0 radical (unpaired) electrons. The van der Waals surface area contributed by atoms with Crippen LogP contribution in [0.4, 0.5) is 0 Å². The summed E-state index contributed by atoms with van der Waals surface area (Å²) in [6.45, 7) is 0.510. The number of nitrogens with two attached hydrogens (primary N) is 1. The summed E-state index contributed by atoms with van der Waals surface area (Å²) in [7, 11) is 1.89. The third-order valence-electron chi connectivity index (χ3n) is 2.75. The molecule has 19 heavy (non-hydrogen) atoms. The predicted molar refractivity (Wildman–Crippen MR) is 72.5 cm³/mol. The zero-order valence-electron chi connectivity index (χ0n) is 10.3. The average molecular weight is 275 g/mol. The van der Waals surface area contributed by atoms with Crippen molar-refractivity contribution in [3.05, 3.63) is 30.6 Å². The Morgan fingerprint density at radius 3 is 3.05 bits per heavy atom.